The number of nitro benzene ring substituents is 1. The van der Waals surface area contributed by atoms with Crippen LogP contribution in [0.15, 0.2) is 54.6 Å². The first-order valence-electron chi connectivity index (χ1n) is 7.30. The van der Waals surface area contributed by atoms with Gasteiger partial charge in [0.1, 0.15) is 0 Å². The maximum atomic E-state index is 11.9. The summed E-state index contributed by atoms with van der Waals surface area (Å²) in [5, 5.41) is 23.6. The Balaban J connectivity index is 1.83. The monoisotopic (exact) mass is 314 g/mol. The van der Waals surface area contributed by atoms with Crippen LogP contribution in [0.3, 0.4) is 0 Å². The van der Waals surface area contributed by atoms with Gasteiger partial charge in [-0.05, 0) is 12.0 Å². The molecule has 0 spiro atoms. The van der Waals surface area contributed by atoms with Crippen LogP contribution in [-0.2, 0) is 11.2 Å². The Kier molecular flexibility index (Phi) is 5.82. The van der Waals surface area contributed by atoms with Crippen LogP contribution in [0.2, 0.25) is 0 Å². The number of nitro groups is 1. The Morgan fingerprint density at radius 1 is 1.13 bits per heavy atom. The highest BCUT2D eigenvalue weighted by Crippen LogP contribution is 2.18. The molecule has 120 valence electrons. The number of nitrogens with zero attached hydrogens (tertiary/aromatic N) is 1. The van der Waals surface area contributed by atoms with Crippen LogP contribution < -0.4 is 5.32 Å². The van der Waals surface area contributed by atoms with Gasteiger partial charge in [0.05, 0.1) is 17.4 Å². The first-order chi connectivity index (χ1) is 11.1. The van der Waals surface area contributed by atoms with Crippen LogP contribution >= 0.6 is 0 Å². The lowest BCUT2D eigenvalue weighted by Crippen LogP contribution is -2.27. The quantitative estimate of drug-likeness (QED) is 0.606. The van der Waals surface area contributed by atoms with Crippen LogP contribution in [-0.4, -0.2) is 22.5 Å². The van der Waals surface area contributed by atoms with Gasteiger partial charge in [-0.1, -0.05) is 48.5 Å². The zero-order valence-corrected chi connectivity index (χ0v) is 12.5. The topological polar surface area (TPSA) is 92.5 Å². The molecule has 2 N–H and O–H groups in total. The summed E-state index contributed by atoms with van der Waals surface area (Å²) in [4.78, 5) is 22.3. The number of hydrogen-bond acceptors (Lipinski definition) is 4. The van der Waals surface area contributed by atoms with Crippen molar-refractivity contribution in [1.29, 1.82) is 0 Å². The van der Waals surface area contributed by atoms with Gasteiger partial charge in [0, 0.05) is 18.2 Å². The van der Waals surface area contributed by atoms with E-state index in [9.17, 15) is 20.0 Å². The predicted molar refractivity (Wildman–Crippen MR) is 85.8 cm³/mol. The Hall–Kier alpha value is -2.73. The van der Waals surface area contributed by atoms with Crippen LogP contribution in [0.1, 0.15) is 23.7 Å². The summed E-state index contributed by atoms with van der Waals surface area (Å²) >= 11 is 0. The van der Waals surface area contributed by atoms with Gasteiger partial charge in [-0.3, -0.25) is 14.9 Å². The van der Waals surface area contributed by atoms with Gasteiger partial charge in [-0.2, -0.15) is 0 Å². The van der Waals surface area contributed by atoms with E-state index in [4.69, 9.17) is 0 Å². The first-order valence-corrected chi connectivity index (χ1v) is 7.30. The van der Waals surface area contributed by atoms with Crippen LogP contribution in [0.25, 0.3) is 0 Å². The van der Waals surface area contributed by atoms with E-state index in [2.05, 4.69) is 5.32 Å². The Labute approximate surface area is 133 Å². The standard InChI is InChI=1S/C17H18N2O4/c20-16(13-6-2-1-3-7-13)10-11-18-17(21)12-14-8-4-5-9-15(14)19(22)23/h1-9,16,20H,10-12H2,(H,18,21). The van der Waals surface area contributed by atoms with E-state index in [0.717, 1.165) is 5.56 Å². The molecular formula is C17H18N2O4. The highest BCUT2D eigenvalue weighted by atomic mass is 16.6. The average molecular weight is 314 g/mol. The molecule has 2 rings (SSSR count). The number of para-hydroxylation sites is 1. The van der Waals surface area contributed by atoms with Gasteiger partial charge in [-0.15, -0.1) is 0 Å². The molecule has 1 amide bonds. The molecule has 6 nitrogen and oxygen atoms in total. The molecule has 0 aliphatic heterocycles. The van der Waals surface area contributed by atoms with Crippen LogP contribution in [0.4, 0.5) is 5.69 Å². The van der Waals surface area contributed by atoms with Crippen molar-refractivity contribution in [2.45, 2.75) is 18.9 Å². The summed E-state index contributed by atoms with van der Waals surface area (Å²) in [6.45, 7) is 0.301. The lowest BCUT2D eigenvalue weighted by molar-refractivity contribution is -0.385. The number of carbonyl (C=O) groups excluding carboxylic acids is 1. The van der Waals surface area contributed by atoms with Crippen molar-refractivity contribution in [3.05, 3.63) is 75.8 Å². The molecule has 0 aromatic heterocycles. The molecule has 1 atom stereocenters. The van der Waals surface area contributed by atoms with Crippen molar-refractivity contribution in [3.8, 4) is 0 Å². The molecule has 0 aliphatic carbocycles. The van der Waals surface area contributed by atoms with E-state index in [1.807, 2.05) is 30.3 Å². The molecule has 0 fully saturated rings. The summed E-state index contributed by atoms with van der Waals surface area (Å²) in [7, 11) is 0. The maximum absolute atomic E-state index is 11.9. The number of rotatable bonds is 7. The lowest BCUT2D eigenvalue weighted by atomic mass is 10.1. The van der Waals surface area contributed by atoms with Gasteiger partial charge < -0.3 is 10.4 Å². The van der Waals surface area contributed by atoms with Crippen molar-refractivity contribution < 1.29 is 14.8 Å². The zero-order chi connectivity index (χ0) is 16.7. The molecule has 0 aliphatic rings. The molecule has 0 saturated heterocycles. The van der Waals surface area contributed by atoms with Crippen LogP contribution in [0, 0.1) is 10.1 Å². The summed E-state index contributed by atoms with van der Waals surface area (Å²) in [6, 6.07) is 15.4. The first kappa shape index (κ1) is 16.6. The van der Waals surface area contributed by atoms with Gasteiger partial charge in [-0.25, -0.2) is 0 Å². The molecular weight excluding hydrogens is 296 g/mol. The van der Waals surface area contributed by atoms with Crippen molar-refractivity contribution >= 4 is 11.6 Å². The molecule has 0 bridgehead atoms. The number of aliphatic hydroxyl groups is 1. The molecule has 23 heavy (non-hydrogen) atoms. The third kappa shape index (κ3) is 4.89. The van der Waals surface area contributed by atoms with E-state index in [0.29, 0.717) is 18.5 Å². The second-order valence-corrected chi connectivity index (χ2v) is 5.13. The SMILES string of the molecule is O=C(Cc1ccccc1[N+](=O)[O-])NCCC(O)c1ccccc1. The normalized spacial score (nSPS) is 11.7. The number of benzene rings is 2. The van der Waals surface area contributed by atoms with E-state index >= 15 is 0 Å². The molecule has 1 unspecified atom stereocenters. The third-order valence-electron chi connectivity index (χ3n) is 3.46. The highest BCUT2D eigenvalue weighted by molar-refractivity contribution is 5.79. The Bertz CT molecular complexity index is 673. The summed E-state index contributed by atoms with van der Waals surface area (Å²) in [5.74, 6) is -0.306. The van der Waals surface area contributed by atoms with Gasteiger partial charge in [0.25, 0.3) is 5.69 Å². The fourth-order valence-electron chi connectivity index (χ4n) is 2.26. The van der Waals surface area contributed by atoms with Crippen molar-refractivity contribution in [3.63, 3.8) is 0 Å². The number of aliphatic hydroxyl groups excluding tert-OH is 1. The fourth-order valence-corrected chi connectivity index (χ4v) is 2.26. The van der Waals surface area contributed by atoms with Crippen LogP contribution in [0.5, 0.6) is 0 Å². The number of carbonyl (C=O) groups is 1. The molecule has 2 aromatic carbocycles. The van der Waals surface area contributed by atoms with Gasteiger partial charge >= 0.3 is 0 Å². The summed E-state index contributed by atoms with van der Waals surface area (Å²) in [6.07, 6.45) is -0.326. The van der Waals surface area contributed by atoms with E-state index in [1.54, 1.807) is 18.2 Å². The van der Waals surface area contributed by atoms with Gasteiger partial charge in [0.15, 0.2) is 0 Å². The minimum atomic E-state index is -0.650. The number of nitrogens with one attached hydrogen (secondary N) is 1. The highest BCUT2D eigenvalue weighted by Gasteiger charge is 2.15. The van der Waals surface area contributed by atoms with Crippen molar-refractivity contribution in [2.24, 2.45) is 0 Å². The van der Waals surface area contributed by atoms with E-state index < -0.39 is 11.0 Å². The Morgan fingerprint density at radius 3 is 2.48 bits per heavy atom. The minimum absolute atomic E-state index is 0.0570. The lowest BCUT2D eigenvalue weighted by Gasteiger charge is -2.11. The predicted octanol–water partition coefficient (Wildman–Crippen LogP) is 2.38. The molecule has 0 saturated carbocycles. The van der Waals surface area contributed by atoms with E-state index in [-0.39, 0.29) is 18.0 Å². The smallest absolute Gasteiger partial charge is 0.273 e. The van der Waals surface area contributed by atoms with Gasteiger partial charge in [0.2, 0.25) is 5.91 Å². The summed E-state index contributed by atoms with van der Waals surface area (Å²) < 4.78 is 0. The van der Waals surface area contributed by atoms with Crippen molar-refractivity contribution in [2.75, 3.05) is 6.54 Å². The molecule has 2 aromatic rings. The fraction of sp³-hybridized carbons (Fsp3) is 0.235. The number of hydrogen-bond donors (Lipinski definition) is 2. The second kappa shape index (κ2) is 8.05. The zero-order valence-electron chi connectivity index (χ0n) is 12.5. The molecule has 0 heterocycles. The molecule has 6 heteroatoms. The second-order valence-electron chi connectivity index (χ2n) is 5.13. The van der Waals surface area contributed by atoms with Crippen molar-refractivity contribution in [1.82, 2.24) is 5.32 Å². The molecule has 0 radical (unpaired) electrons. The maximum Gasteiger partial charge on any atom is 0.273 e. The number of amides is 1. The Morgan fingerprint density at radius 2 is 1.78 bits per heavy atom. The van der Waals surface area contributed by atoms with E-state index in [1.165, 1.54) is 6.07 Å². The average Bonchev–Trinajstić information content (AvgIpc) is 2.56. The largest absolute Gasteiger partial charge is 0.388 e. The summed E-state index contributed by atoms with van der Waals surface area (Å²) in [5.41, 5.74) is 1.10. The third-order valence-corrected chi connectivity index (χ3v) is 3.46. The minimum Gasteiger partial charge on any atom is -0.388 e.